The van der Waals surface area contributed by atoms with Crippen molar-refractivity contribution in [3.05, 3.63) is 76.8 Å². The average molecular weight is 638 g/mol. The Hall–Kier alpha value is -1.78. The molecule has 0 spiro atoms. The van der Waals surface area contributed by atoms with Crippen LogP contribution in [0.1, 0.15) is 46.1 Å². The maximum atomic E-state index is 13.4. The van der Waals surface area contributed by atoms with Gasteiger partial charge in [0.25, 0.3) is 0 Å². The Morgan fingerprint density at radius 2 is 1.61 bits per heavy atom. The number of hydrogen-bond donors (Lipinski definition) is 0. The van der Waals surface area contributed by atoms with Gasteiger partial charge in [0.15, 0.2) is 8.32 Å². The number of benzene rings is 3. The third kappa shape index (κ3) is 8.36. The van der Waals surface area contributed by atoms with Crippen molar-refractivity contribution in [1.82, 2.24) is 0 Å². The second kappa shape index (κ2) is 13.0. The van der Waals surface area contributed by atoms with Crippen LogP contribution in [0.5, 0.6) is 11.5 Å². The van der Waals surface area contributed by atoms with Gasteiger partial charge in [-0.15, -0.1) is 0 Å². The summed E-state index contributed by atoms with van der Waals surface area (Å²) in [6.07, 6.45) is 2.07. The van der Waals surface area contributed by atoms with Crippen molar-refractivity contribution in [2.45, 2.75) is 80.0 Å². The van der Waals surface area contributed by atoms with Gasteiger partial charge in [0.1, 0.15) is 16.4 Å². The number of ether oxygens (including phenoxy) is 1. The number of rotatable bonds is 12. The molecule has 0 aliphatic rings. The Balaban J connectivity index is 1.96. The molecule has 0 amide bonds. The van der Waals surface area contributed by atoms with E-state index in [1.807, 2.05) is 36.4 Å². The molecule has 5 nitrogen and oxygen atoms in total. The lowest BCUT2D eigenvalue weighted by molar-refractivity contribution is 0.275. The van der Waals surface area contributed by atoms with E-state index >= 15 is 0 Å². The van der Waals surface area contributed by atoms with E-state index in [1.165, 1.54) is 11.8 Å². The first-order valence-corrected chi connectivity index (χ1v) is 18.6. The van der Waals surface area contributed by atoms with Crippen LogP contribution in [0.4, 0.5) is 0 Å². The number of unbranched alkanes of at least 4 members (excludes halogenated alkanes) is 1. The van der Waals surface area contributed by atoms with Crippen molar-refractivity contribution in [3.8, 4) is 11.5 Å². The Morgan fingerprint density at radius 3 is 2.21 bits per heavy atom. The van der Waals surface area contributed by atoms with E-state index in [2.05, 4.69) is 56.7 Å². The Morgan fingerprint density at radius 1 is 0.947 bits per heavy atom. The van der Waals surface area contributed by atoms with Crippen LogP contribution in [0.3, 0.4) is 0 Å². The van der Waals surface area contributed by atoms with E-state index in [1.54, 1.807) is 30.3 Å². The first-order valence-electron chi connectivity index (χ1n) is 12.7. The predicted molar refractivity (Wildman–Crippen MR) is 161 cm³/mol. The van der Waals surface area contributed by atoms with Gasteiger partial charge in [-0.3, -0.25) is 0 Å². The van der Waals surface area contributed by atoms with E-state index in [4.69, 9.17) is 13.3 Å². The molecule has 0 saturated heterocycles. The quantitative estimate of drug-likeness (QED) is 0.112. The topological polar surface area (TPSA) is 61.8 Å². The first kappa shape index (κ1) is 30.8. The van der Waals surface area contributed by atoms with Gasteiger partial charge in [-0.05, 0) is 78.6 Å². The maximum absolute atomic E-state index is 13.4. The summed E-state index contributed by atoms with van der Waals surface area (Å²) >= 11 is 4.96. The highest BCUT2D eigenvalue weighted by atomic mass is 79.9. The zero-order valence-electron chi connectivity index (χ0n) is 22.9. The number of para-hydroxylation sites is 1. The van der Waals surface area contributed by atoms with E-state index in [9.17, 15) is 8.42 Å². The summed E-state index contributed by atoms with van der Waals surface area (Å²) in [7, 11) is -6.11. The van der Waals surface area contributed by atoms with Crippen LogP contribution in [-0.4, -0.2) is 23.3 Å². The molecule has 206 valence electrons. The lowest BCUT2D eigenvalue weighted by Crippen LogP contribution is -2.40. The molecule has 3 aromatic carbocycles. The van der Waals surface area contributed by atoms with Gasteiger partial charge in [-0.1, -0.05) is 80.0 Å². The molecule has 0 heterocycles. The van der Waals surface area contributed by atoms with Crippen LogP contribution in [-0.2, 0) is 21.2 Å². The van der Waals surface area contributed by atoms with Gasteiger partial charge in [0, 0.05) is 14.3 Å². The number of halogens is 1. The molecule has 0 atom stereocenters. The molecular formula is C29H37BrO5S2Si. The fourth-order valence-electron chi connectivity index (χ4n) is 3.15. The lowest BCUT2D eigenvalue weighted by Gasteiger charge is -2.36. The molecule has 0 aliphatic carbocycles. The fourth-order valence-corrected chi connectivity index (χ4v) is 7.05. The molecule has 38 heavy (non-hydrogen) atoms. The minimum absolute atomic E-state index is 0.0603. The highest BCUT2D eigenvalue weighted by molar-refractivity contribution is 9.10. The summed E-state index contributed by atoms with van der Waals surface area (Å²) in [5.41, 5.74) is 0.885. The van der Waals surface area contributed by atoms with Crippen LogP contribution in [0.2, 0.25) is 18.1 Å². The summed E-state index contributed by atoms with van der Waals surface area (Å²) in [4.78, 5) is 1.55. The molecular weight excluding hydrogens is 600 g/mol. The SMILES string of the molecule is CCCCOc1ccc(Sc2cc(CO[Si](C)(C)C(C)(C)C)c(Br)cc2S(=O)(=O)Oc2ccccc2)cc1. The van der Waals surface area contributed by atoms with Crippen LogP contribution >= 0.6 is 27.7 Å². The molecule has 9 heteroatoms. The van der Waals surface area contributed by atoms with E-state index in [0.29, 0.717) is 22.6 Å². The molecule has 3 aromatic rings. The van der Waals surface area contributed by atoms with Crippen LogP contribution in [0, 0.1) is 0 Å². The lowest BCUT2D eigenvalue weighted by atomic mass is 10.2. The third-order valence-corrected chi connectivity index (χ3v) is 14.2. The van der Waals surface area contributed by atoms with Gasteiger partial charge in [0.05, 0.1) is 13.2 Å². The first-order chi connectivity index (χ1) is 17.8. The standard InChI is InChI=1S/C29H37BrO5S2Si/c1-7-8-18-33-23-14-16-25(17-15-23)36-27-19-22(21-34-38(5,6)29(2,3)4)26(30)20-28(27)37(31,32)35-24-12-10-9-11-13-24/h9-17,19-20H,7-8,18,21H2,1-6H3. The maximum Gasteiger partial charge on any atom is 0.340 e. The summed E-state index contributed by atoms with van der Waals surface area (Å²) < 4.78 is 45.2. The monoisotopic (exact) mass is 636 g/mol. The van der Waals surface area contributed by atoms with Gasteiger partial charge in [0.2, 0.25) is 0 Å². The Labute approximate surface area is 241 Å². The molecule has 0 fully saturated rings. The Bertz CT molecular complexity index is 1310. The molecule has 0 saturated carbocycles. The molecule has 0 radical (unpaired) electrons. The predicted octanol–water partition coefficient (Wildman–Crippen LogP) is 9.07. The highest BCUT2D eigenvalue weighted by Crippen LogP contribution is 2.40. The average Bonchev–Trinajstić information content (AvgIpc) is 2.85. The van der Waals surface area contributed by atoms with Crippen molar-refractivity contribution in [1.29, 1.82) is 0 Å². The van der Waals surface area contributed by atoms with Gasteiger partial charge in [-0.25, -0.2) is 0 Å². The van der Waals surface area contributed by atoms with Gasteiger partial charge in [-0.2, -0.15) is 8.42 Å². The van der Waals surface area contributed by atoms with Crippen molar-refractivity contribution >= 4 is 46.1 Å². The van der Waals surface area contributed by atoms with Crippen molar-refractivity contribution in [2.24, 2.45) is 0 Å². The normalized spacial score (nSPS) is 12.4. The number of hydrogen-bond acceptors (Lipinski definition) is 6. The van der Waals surface area contributed by atoms with E-state index in [-0.39, 0.29) is 15.7 Å². The van der Waals surface area contributed by atoms with E-state index in [0.717, 1.165) is 29.1 Å². The summed E-state index contributed by atoms with van der Waals surface area (Å²) in [6, 6.07) is 19.7. The largest absolute Gasteiger partial charge is 0.494 e. The minimum atomic E-state index is -4.10. The molecule has 3 rings (SSSR count). The van der Waals surface area contributed by atoms with Crippen molar-refractivity contribution in [2.75, 3.05) is 6.61 Å². The zero-order valence-corrected chi connectivity index (χ0v) is 27.1. The summed E-state index contributed by atoms with van der Waals surface area (Å²) in [6.45, 7) is 14.2. The minimum Gasteiger partial charge on any atom is -0.494 e. The van der Waals surface area contributed by atoms with Gasteiger partial charge < -0.3 is 13.3 Å². The van der Waals surface area contributed by atoms with Crippen molar-refractivity contribution in [3.63, 3.8) is 0 Å². The summed E-state index contributed by atoms with van der Waals surface area (Å²) in [5, 5.41) is 0.0603. The Kier molecular flexibility index (Phi) is 10.6. The highest BCUT2D eigenvalue weighted by Gasteiger charge is 2.37. The van der Waals surface area contributed by atoms with E-state index < -0.39 is 18.4 Å². The molecule has 0 aromatic heterocycles. The molecule has 0 N–H and O–H groups in total. The second-order valence-electron chi connectivity index (χ2n) is 10.6. The van der Waals surface area contributed by atoms with Crippen LogP contribution in [0.25, 0.3) is 0 Å². The van der Waals surface area contributed by atoms with Crippen LogP contribution in [0.15, 0.2) is 85.9 Å². The molecule has 0 bridgehead atoms. The third-order valence-electron chi connectivity index (χ3n) is 6.54. The van der Waals surface area contributed by atoms with Gasteiger partial charge >= 0.3 is 10.1 Å². The summed E-state index contributed by atoms with van der Waals surface area (Å²) in [5.74, 6) is 1.06. The van der Waals surface area contributed by atoms with Crippen LogP contribution < -0.4 is 8.92 Å². The van der Waals surface area contributed by atoms with Crippen molar-refractivity contribution < 1.29 is 21.8 Å². The molecule has 0 aliphatic heterocycles. The fraction of sp³-hybridized carbons (Fsp3) is 0.379. The smallest absolute Gasteiger partial charge is 0.340 e. The zero-order chi connectivity index (χ0) is 28.0. The second-order valence-corrected chi connectivity index (χ2v) is 18.9. The molecule has 0 unspecified atom stereocenters.